The van der Waals surface area contributed by atoms with E-state index in [1.807, 2.05) is 94.4 Å². The molecular formula is C34H45N3O5S. The zero-order valence-corrected chi connectivity index (χ0v) is 27.0. The molecular weight excluding hydrogens is 562 g/mol. The quantitative estimate of drug-likeness (QED) is 0.249. The molecule has 0 saturated carbocycles. The first-order chi connectivity index (χ1) is 20.4. The van der Waals surface area contributed by atoms with Gasteiger partial charge < -0.3 is 15.0 Å². The van der Waals surface area contributed by atoms with Crippen LogP contribution in [0.4, 0.5) is 5.69 Å². The van der Waals surface area contributed by atoms with Gasteiger partial charge in [-0.05, 0) is 74.1 Å². The molecule has 9 heteroatoms. The lowest BCUT2D eigenvalue weighted by atomic mass is 10.0. The van der Waals surface area contributed by atoms with Crippen LogP contribution >= 0.6 is 0 Å². The Morgan fingerprint density at radius 1 is 0.953 bits per heavy atom. The van der Waals surface area contributed by atoms with Gasteiger partial charge >= 0.3 is 0 Å². The van der Waals surface area contributed by atoms with Crippen molar-refractivity contribution < 1.29 is 22.7 Å². The number of ether oxygens (including phenoxy) is 1. The standard InChI is InChI=1S/C34H45N3O5S/c1-7-26(3)35-34(39)32(23-28-15-9-8-10-16-28)36(24-29-17-12-18-30(22-29)42-5)33(38)20-13-21-37(43(6,40)41)31-19-11-14-25(2)27(31)4/h8-12,14-19,22,26,32H,7,13,20-21,23-24H2,1-6H3,(H,35,39)/t26-,32-/m1/s1. The van der Waals surface area contributed by atoms with Crippen LogP contribution in [0.1, 0.15) is 55.4 Å². The molecule has 0 heterocycles. The minimum atomic E-state index is -3.59. The van der Waals surface area contributed by atoms with E-state index >= 15 is 0 Å². The summed E-state index contributed by atoms with van der Waals surface area (Å²) in [5.74, 6) is 0.214. The van der Waals surface area contributed by atoms with Gasteiger partial charge in [0, 0.05) is 32.0 Å². The first-order valence-corrected chi connectivity index (χ1v) is 16.6. The van der Waals surface area contributed by atoms with Crippen molar-refractivity contribution in [2.75, 3.05) is 24.2 Å². The second kappa shape index (κ2) is 15.6. The first-order valence-electron chi connectivity index (χ1n) is 14.7. The third-order valence-electron chi connectivity index (χ3n) is 7.76. The number of carbonyl (C=O) groups is 2. The number of hydrogen-bond acceptors (Lipinski definition) is 5. The number of amides is 2. The Balaban J connectivity index is 1.93. The average molecular weight is 608 g/mol. The predicted molar refractivity (Wildman–Crippen MR) is 173 cm³/mol. The van der Waals surface area contributed by atoms with Crippen molar-refractivity contribution in [2.45, 2.75) is 72.0 Å². The van der Waals surface area contributed by atoms with Crippen molar-refractivity contribution in [3.63, 3.8) is 0 Å². The summed E-state index contributed by atoms with van der Waals surface area (Å²) in [6, 6.07) is 21.8. The molecule has 2 amide bonds. The second-order valence-electron chi connectivity index (χ2n) is 11.1. The fourth-order valence-corrected chi connectivity index (χ4v) is 5.97. The summed E-state index contributed by atoms with van der Waals surface area (Å²) in [5.41, 5.74) is 4.24. The largest absolute Gasteiger partial charge is 0.497 e. The zero-order valence-electron chi connectivity index (χ0n) is 26.2. The average Bonchev–Trinajstić information content (AvgIpc) is 2.98. The monoisotopic (exact) mass is 607 g/mol. The van der Waals surface area contributed by atoms with Gasteiger partial charge in [0.1, 0.15) is 11.8 Å². The number of benzene rings is 3. The normalized spacial score (nSPS) is 12.7. The van der Waals surface area contributed by atoms with E-state index in [0.717, 1.165) is 28.7 Å². The van der Waals surface area contributed by atoms with Crippen LogP contribution in [0.15, 0.2) is 72.8 Å². The highest BCUT2D eigenvalue weighted by atomic mass is 32.2. The van der Waals surface area contributed by atoms with Gasteiger partial charge in [-0.1, -0.05) is 61.5 Å². The van der Waals surface area contributed by atoms with Crippen LogP contribution in [0.3, 0.4) is 0 Å². The topological polar surface area (TPSA) is 96.0 Å². The van der Waals surface area contributed by atoms with Crippen LogP contribution in [0.2, 0.25) is 0 Å². The van der Waals surface area contributed by atoms with E-state index in [1.54, 1.807) is 18.1 Å². The molecule has 232 valence electrons. The van der Waals surface area contributed by atoms with Crippen molar-refractivity contribution in [3.05, 3.63) is 95.1 Å². The highest BCUT2D eigenvalue weighted by Crippen LogP contribution is 2.26. The molecule has 0 aliphatic carbocycles. The molecule has 1 N–H and O–H groups in total. The van der Waals surface area contributed by atoms with Gasteiger partial charge in [-0.3, -0.25) is 13.9 Å². The SMILES string of the molecule is CC[C@@H](C)NC(=O)[C@@H](Cc1ccccc1)N(Cc1cccc(OC)c1)C(=O)CCCN(c1cccc(C)c1C)S(C)(=O)=O. The molecule has 8 nitrogen and oxygen atoms in total. The highest BCUT2D eigenvalue weighted by Gasteiger charge is 2.31. The molecule has 0 aliphatic rings. The van der Waals surface area contributed by atoms with Crippen LogP contribution in [0, 0.1) is 13.8 Å². The number of hydrogen-bond donors (Lipinski definition) is 1. The van der Waals surface area contributed by atoms with Gasteiger partial charge in [0.05, 0.1) is 19.1 Å². The fraction of sp³-hybridized carbons (Fsp3) is 0.412. The van der Waals surface area contributed by atoms with Gasteiger partial charge in [-0.25, -0.2) is 8.42 Å². The van der Waals surface area contributed by atoms with E-state index in [-0.39, 0.29) is 37.4 Å². The predicted octanol–water partition coefficient (Wildman–Crippen LogP) is 5.41. The minimum Gasteiger partial charge on any atom is -0.497 e. The van der Waals surface area contributed by atoms with Gasteiger partial charge in [-0.2, -0.15) is 0 Å². The number of carbonyl (C=O) groups excluding carboxylic acids is 2. The minimum absolute atomic E-state index is 0.0552. The molecule has 3 aromatic carbocycles. The Morgan fingerprint density at radius 3 is 2.28 bits per heavy atom. The molecule has 0 unspecified atom stereocenters. The van der Waals surface area contributed by atoms with Crippen molar-refractivity contribution in [1.29, 1.82) is 0 Å². The van der Waals surface area contributed by atoms with Gasteiger partial charge in [-0.15, -0.1) is 0 Å². The van der Waals surface area contributed by atoms with Crippen LogP contribution in [0.5, 0.6) is 5.75 Å². The van der Waals surface area contributed by atoms with Gasteiger partial charge in [0.2, 0.25) is 21.8 Å². The molecule has 3 aromatic rings. The third kappa shape index (κ3) is 9.58. The highest BCUT2D eigenvalue weighted by molar-refractivity contribution is 7.92. The molecule has 3 rings (SSSR count). The van der Waals surface area contributed by atoms with Crippen molar-refractivity contribution in [3.8, 4) is 5.75 Å². The zero-order chi connectivity index (χ0) is 31.6. The molecule has 0 fully saturated rings. The molecule has 0 bridgehead atoms. The smallest absolute Gasteiger partial charge is 0.243 e. The summed E-state index contributed by atoms with van der Waals surface area (Å²) in [4.78, 5) is 29.4. The number of nitrogens with zero attached hydrogens (tertiary/aromatic N) is 2. The van der Waals surface area contributed by atoms with Crippen LogP contribution < -0.4 is 14.4 Å². The summed E-state index contributed by atoms with van der Waals surface area (Å²) >= 11 is 0. The summed E-state index contributed by atoms with van der Waals surface area (Å²) in [7, 11) is -2.00. The molecule has 0 aromatic heterocycles. The van der Waals surface area contributed by atoms with E-state index in [4.69, 9.17) is 4.74 Å². The van der Waals surface area contributed by atoms with E-state index in [9.17, 15) is 18.0 Å². The van der Waals surface area contributed by atoms with E-state index in [1.165, 1.54) is 10.6 Å². The lowest BCUT2D eigenvalue weighted by Crippen LogP contribution is -2.52. The van der Waals surface area contributed by atoms with Crippen molar-refractivity contribution >= 4 is 27.5 Å². The summed E-state index contributed by atoms with van der Waals surface area (Å²) in [6.45, 7) is 8.13. The maximum Gasteiger partial charge on any atom is 0.243 e. The van der Waals surface area contributed by atoms with Gasteiger partial charge in [0.15, 0.2) is 0 Å². The molecule has 0 aliphatic heterocycles. The van der Waals surface area contributed by atoms with E-state index < -0.39 is 16.1 Å². The molecule has 2 atom stereocenters. The first kappa shape index (κ1) is 33.6. The Labute approximate surface area is 257 Å². The van der Waals surface area contributed by atoms with Gasteiger partial charge in [0.25, 0.3) is 0 Å². The molecule has 43 heavy (non-hydrogen) atoms. The lowest BCUT2D eigenvalue weighted by Gasteiger charge is -2.33. The Hall–Kier alpha value is -3.85. The number of anilines is 1. The van der Waals surface area contributed by atoms with Crippen LogP contribution in [-0.4, -0.2) is 57.1 Å². The maximum atomic E-state index is 14.0. The molecule has 0 spiro atoms. The molecule has 0 saturated heterocycles. The lowest BCUT2D eigenvalue weighted by molar-refractivity contribution is -0.141. The number of aryl methyl sites for hydroxylation is 1. The fourth-order valence-electron chi connectivity index (χ4n) is 4.95. The Morgan fingerprint density at radius 2 is 1.63 bits per heavy atom. The van der Waals surface area contributed by atoms with Crippen molar-refractivity contribution in [1.82, 2.24) is 10.2 Å². The number of rotatable bonds is 15. The second-order valence-corrected chi connectivity index (χ2v) is 13.0. The van der Waals surface area contributed by atoms with Crippen molar-refractivity contribution in [2.24, 2.45) is 0 Å². The summed E-state index contributed by atoms with van der Waals surface area (Å²) < 4.78 is 32.4. The summed E-state index contributed by atoms with van der Waals surface area (Å²) in [5, 5.41) is 3.08. The summed E-state index contributed by atoms with van der Waals surface area (Å²) in [6.07, 6.45) is 2.65. The number of nitrogens with one attached hydrogen (secondary N) is 1. The number of sulfonamides is 1. The third-order valence-corrected chi connectivity index (χ3v) is 8.94. The number of methoxy groups -OCH3 is 1. The molecule has 0 radical (unpaired) electrons. The van der Waals surface area contributed by atoms with Crippen LogP contribution in [-0.2, 0) is 32.6 Å². The maximum absolute atomic E-state index is 14.0. The van der Waals surface area contributed by atoms with E-state index in [2.05, 4.69) is 5.32 Å². The van der Waals surface area contributed by atoms with Crippen LogP contribution in [0.25, 0.3) is 0 Å². The Bertz CT molecular complexity index is 1480. The van der Waals surface area contributed by atoms with E-state index in [0.29, 0.717) is 24.3 Å². The Kier molecular flexibility index (Phi) is 12.2.